The summed E-state index contributed by atoms with van der Waals surface area (Å²) in [7, 11) is -2.12. The molecule has 0 fully saturated rings. The topological polar surface area (TPSA) is 65.4 Å². The summed E-state index contributed by atoms with van der Waals surface area (Å²) in [5.74, 6) is -0.561. The van der Waals surface area contributed by atoms with Crippen molar-refractivity contribution < 1.29 is 17.9 Å². The number of carbonyl (C=O) groups excluding carboxylic acids is 1. The highest BCUT2D eigenvalue weighted by Gasteiger charge is 2.23. The molecule has 0 atom stereocenters. The summed E-state index contributed by atoms with van der Waals surface area (Å²) in [5.41, 5.74) is 3.05. The molecule has 0 N–H and O–H groups in total. The molecule has 0 spiro atoms. The van der Waals surface area contributed by atoms with E-state index in [-0.39, 0.29) is 17.2 Å². The average molecular weight is 371 g/mol. The number of nitrogens with zero attached hydrogens (tertiary/aromatic N) is 1. The van der Waals surface area contributed by atoms with Crippen molar-refractivity contribution in [2.75, 3.05) is 12.9 Å². The maximum absolute atomic E-state index is 12.7. The molecule has 0 aliphatic rings. The van der Waals surface area contributed by atoms with Gasteiger partial charge in [-0.3, -0.25) is 0 Å². The second-order valence-corrected chi connectivity index (χ2v) is 8.33. The fraction of sp³-hybridized carbons (Fsp3) is 0.250. The lowest BCUT2D eigenvalue weighted by Gasteiger charge is -2.12. The Morgan fingerprint density at radius 1 is 1.04 bits per heavy atom. The molecule has 136 valence electrons. The van der Waals surface area contributed by atoms with Crippen LogP contribution in [0.1, 0.15) is 21.6 Å². The van der Waals surface area contributed by atoms with Crippen molar-refractivity contribution in [3.63, 3.8) is 0 Å². The van der Waals surface area contributed by atoms with Gasteiger partial charge in [-0.05, 0) is 37.1 Å². The van der Waals surface area contributed by atoms with Gasteiger partial charge in [0.2, 0.25) is 0 Å². The molecule has 26 heavy (non-hydrogen) atoms. The van der Waals surface area contributed by atoms with E-state index in [9.17, 15) is 13.2 Å². The molecular formula is C20H21NO4S. The van der Waals surface area contributed by atoms with E-state index in [2.05, 4.69) is 0 Å². The quantitative estimate of drug-likeness (QED) is 0.644. The maximum atomic E-state index is 12.7. The van der Waals surface area contributed by atoms with Gasteiger partial charge < -0.3 is 9.30 Å². The zero-order valence-corrected chi connectivity index (χ0v) is 15.8. The fourth-order valence-electron chi connectivity index (χ4n) is 3.30. The van der Waals surface area contributed by atoms with E-state index in [0.29, 0.717) is 5.69 Å². The van der Waals surface area contributed by atoms with Gasteiger partial charge >= 0.3 is 5.97 Å². The third kappa shape index (κ3) is 3.12. The Labute approximate surface area is 153 Å². The molecule has 6 heteroatoms. The molecule has 1 aromatic heterocycles. The predicted octanol–water partition coefficient (Wildman–Crippen LogP) is 3.52. The number of para-hydroxylation sites is 1. The summed E-state index contributed by atoms with van der Waals surface area (Å²) in [6.07, 6.45) is 0. The summed E-state index contributed by atoms with van der Waals surface area (Å²) < 4.78 is 32.0. The van der Waals surface area contributed by atoms with Crippen LogP contribution < -0.4 is 0 Å². The van der Waals surface area contributed by atoms with Gasteiger partial charge in [0.1, 0.15) is 5.69 Å². The summed E-state index contributed by atoms with van der Waals surface area (Å²) in [5, 5.41) is 0.933. The van der Waals surface area contributed by atoms with Gasteiger partial charge in [0.25, 0.3) is 0 Å². The van der Waals surface area contributed by atoms with E-state index in [1.807, 2.05) is 32.0 Å². The second kappa shape index (κ2) is 6.96. The normalized spacial score (nSPS) is 11.7. The zero-order chi connectivity index (χ0) is 18.9. The summed E-state index contributed by atoms with van der Waals surface area (Å²) in [6, 6.07) is 14.2. The van der Waals surface area contributed by atoms with Gasteiger partial charge in [-0.15, -0.1) is 0 Å². The number of esters is 1. The van der Waals surface area contributed by atoms with Crippen molar-refractivity contribution in [2.45, 2.75) is 25.3 Å². The van der Waals surface area contributed by atoms with Crippen LogP contribution in [-0.2, 0) is 21.1 Å². The van der Waals surface area contributed by atoms with E-state index in [0.717, 1.165) is 22.0 Å². The third-order valence-electron chi connectivity index (χ3n) is 4.60. The van der Waals surface area contributed by atoms with Gasteiger partial charge in [0.15, 0.2) is 9.84 Å². The number of carbonyl (C=O) groups is 1. The highest BCUT2D eigenvalue weighted by atomic mass is 32.2. The fourth-order valence-corrected chi connectivity index (χ4v) is 4.53. The van der Waals surface area contributed by atoms with E-state index in [1.165, 1.54) is 7.11 Å². The lowest BCUT2D eigenvalue weighted by molar-refractivity contribution is 0.0588. The van der Waals surface area contributed by atoms with Gasteiger partial charge in [0.05, 0.1) is 23.3 Å². The highest BCUT2D eigenvalue weighted by Crippen LogP contribution is 2.29. The molecular weight excluding hydrogens is 350 g/mol. The average Bonchev–Trinajstić information content (AvgIpc) is 2.93. The first kappa shape index (κ1) is 18.2. The Bertz CT molecular complexity index is 1070. The molecule has 0 saturated heterocycles. The van der Waals surface area contributed by atoms with Crippen molar-refractivity contribution >= 4 is 26.7 Å². The summed E-state index contributed by atoms with van der Waals surface area (Å²) in [6.45, 7) is 3.98. The van der Waals surface area contributed by atoms with Crippen LogP contribution in [-0.4, -0.2) is 31.8 Å². The van der Waals surface area contributed by atoms with Crippen molar-refractivity contribution in [1.29, 1.82) is 0 Å². The van der Waals surface area contributed by atoms with Crippen LogP contribution in [0.25, 0.3) is 10.9 Å². The molecule has 0 saturated carbocycles. The number of ether oxygens (including phenoxy) is 1. The van der Waals surface area contributed by atoms with E-state index in [4.69, 9.17) is 4.74 Å². The molecule has 1 heterocycles. The van der Waals surface area contributed by atoms with Crippen LogP contribution in [0, 0.1) is 13.8 Å². The molecule has 0 bridgehead atoms. The Balaban J connectivity index is 2.08. The largest absolute Gasteiger partial charge is 0.464 e. The molecule has 0 unspecified atom stereocenters. The minimum absolute atomic E-state index is 0.0986. The van der Waals surface area contributed by atoms with Crippen molar-refractivity contribution in [3.05, 3.63) is 65.4 Å². The predicted molar refractivity (Wildman–Crippen MR) is 101 cm³/mol. The van der Waals surface area contributed by atoms with Crippen LogP contribution in [0.15, 0.2) is 53.4 Å². The number of aromatic nitrogens is 1. The van der Waals surface area contributed by atoms with Gasteiger partial charge in [-0.2, -0.15) is 0 Å². The third-order valence-corrected chi connectivity index (χ3v) is 6.31. The first-order valence-electron chi connectivity index (χ1n) is 8.31. The molecule has 5 nitrogen and oxygen atoms in total. The minimum atomic E-state index is -3.45. The number of fused-ring (bicyclic) bond motifs is 1. The first-order valence-corrected chi connectivity index (χ1v) is 9.96. The van der Waals surface area contributed by atoms with Crippen molar-refractivity contribution in [2.24, 2.45) is 0 Å². The molecule has 3 rings (SSSR count). The number of rotatable bonds is 5. The van der Waals surface area contributed by atoms with Crippen molar-refractivity contribution in [3.8, 4) is 0 Å². The highest BCUT2D eigenvalue weighted by molar-refractivity contribution is 7.91. The molecule has 0 aliphatic heterocycles. The van der Waals surface area contributed by atoms with Crippen molar-refractivity contribution in [1.82, 2.24) is 4.57 Å². The van der Waals surface area contributed by atoms with E-state index in [1.54, 1.807) is 34.9 Å². The number of aryl methyl sites for hydroxylation is 3. The first-order chi connectivity index (χ1) is 12.4. The Hall–Kier alpha value is -2.60. The number of sulfone groups is 1. The molecule has 2 aromatic carbocycles. The lowest BCUT2D eigenvalue weighted by atomic mass is 10.1. The van der Waals surface area contributed by atoms with Gasteiger partial charge in [0, 0.05) is 11.9 Å². The van der Waals surface area contributed by atoms with Crippen LogP contribution >= 0.6 is 0 Å². The standard InChI is InChI=1S/C20H21NO4S/c1-14-8-7-11-17-15(2)19(20(22)25-3)21(18(14)17)12-13-26(23,24)16-9-5-4-6-10-16/h4-11H,12-13H2,1-3H3. The summed E-state index contributed by atoms with van der Waals surface area (Å²) >= 11 is 0. The lowest BCUT2D eigenvalue weighted by Crippen LogP contribution is -2.18. The second-order valence-electron chi connectivity index (χ2n) is 6.22. The number of hydrogen-bond donors (Lipinski definition) is 0. The zero-order valence-electron chi connectivity index (χ0n) is 15.0. The smallest absolute Gasteiger partial charge is 0.354 e. The number of hydrogen-bond acceptors (Lipinski definition) is 4. The van der Waals surface area contributed by atoms with E-state index >= 15 is 0 Å². The summed E-state index contributed by atoms with van der Waals surface area (Å²) in [4.78, 5) is 12.6. The monoisotopic (exact) mass is 371 g/mol. The maximum Gasteiger partial charge on any atom is 0.354 e. The van der Waals surface area contributed by atoms with Crippen LogP contribution in [0.2, 0.25) is 0 Å². The molecule has 3 aromatic rings. The Morgan fingerprint density at radius 2 is 1.73 bits per heavy atom. The van der Waals surface area contributed by atoms with Crippen LogP contribution in [0.4, 0.5) is 0 Å². The van der Waals surface area contributed by atoms with Gasteiger partial charge in [-0.25, -0.2) is 13.2 Å². The van der Waals surface area contributed by atoms with Crippen LogP contribution in [0.3, 0.4) is 0 Å². The number of methoxy groups -OCH3 is 1. The van der Waals surface area contributed by atoms with Gasteiger partial charge in [-0.1, -0.05) is 36.4 Å². The Kier molecular flexibility index (Phi) is 4.87. The Morgan fingerprint density at radius 3 is 2.38 bits per heavy atom. The number of benzene rings is 2. The SMILES string of the molecule is COC(=O)c1c(C)c2cccc(C)c2n1CCS(=O)(=O)c1ccccc1. The molecule has 0 amide bonds. The van der Waals surface area contributed by atoms with E-state index < -0.39 is 15.8 Å². The molecule has 0 aliphatic carbocycles. The van der Waals surface area contributed by atoms with Crippen LogP contribution in [0.5, 0.6) is 0 Å². The molecule has 0 radical (unpaired) electrons. The minimum Gasteiger partial charge on any atom is -0.464 e.